The number of nitrogens with one attached hydrogen (secondary N) is 2. The van der Waals surface area contributed by atoms with Gasteiger partial charge in [-0.05, 0) is 17.7 Å². The van der Waals surface area contributed by atoms with Crippen LogP contribution in [0.3, 0.4) is 0 Å². The van der Waals surface area contributed by atoms with Gasteiger partial charge in [0.05, 0.1) is 43.8 Å². The van der Waals surface area contributed by atoms with Gasteiger partial charge in [0.25, 0.3) is 11.1 Å². The first-order valence-corrected chi connectivity index (χ1v) is 19.3. The minimum Gasteiger partial charge on any atom is -0.388 e. The third-order valence-electron chi connectivity index (χ3n) is 9.91. The molecule has 26 heteroatoms. The summed E-state index contributed by atoms with van der Waals surface area (Å²) >= 11 is 6.19. The van der Waals surface area contributed by atoms with E-state index in [-0.39, 0.29) is 59.6 Å². The van der Waals surface area contributed by atoms with Gasteiger partial charge < -0.3 is 41.2 Å². The fourth-order valence-electron chi connectivity index (χ4n) is 7.26. The summed E-state index contributed by atoms with van der Waals surface area (Å²) in [7, 11) is -3.95. The molecule has 10 N–H and O–H groups in total. The number of aromatic nitrogens is 11. The predicted octanol–water partition coefficient (Wildman–Crippen LogP) is -0.812. The van der Waals surface area contributed by atoms with Crippen LogP contribution in [0.15, 0.2) is 52.7 Å². The Hall–Kier alpha value is -4.98. The molecule has 3 aliphatic heterocycles. The quantitative estimate of drug-likeness (QED) is 0.0826. The number of nitrogen functional groups attached to an aromatic ring is 2. The van der Waals surface area contributed by atoms with Crippen LogP contribution in [0.5, 0.6) is 0 Å². The van der Waals surface area contributed by atoms with E-state index in [1.54, 1.807) is 24.3 Å². The number of nitrogens with zero attached hydrogens (tertiary/aromatic N) is 9. The summed E-state index contributed by atoms with van der Waals surface area (Å²) in [6, 6.07) is 5.93. The molecule has 0 aliphatic carbocycles. The Balaban J connectivity index is 0.974. The maximum Gasteiger partial charge on any atom is 0.378 e. The van der Waals surface area contributed by atoms with Crippen LogP contribution < -0.4 is 22.6 Å². The number of nitrogens with two attached hydrogens (primary N) is 2. The molecule has 9 rings (SSSR count). The Labute approximate surface area is 323 Å². The standard InChI is InChI=1S/C31H34ClN13O11P/c32-13-3-1-2-12(6-13)15-4-5-52-57(51,56-15)53-9-17-20(22(47)28(55-17)43-10-35-18-24(43)37-30(33)39-26(18)49)45-8-14(41-42-45)7-16-21(46)23(48)29(54-16)44-11-36-19-25(44)38-31(34)40-27(19)50/h1-3,6,8,10-11,15-17,20-23,28-29,46-48,51H,4-5,7,9H2,(H3,33,37,39,49)(H3,34,38,40,50)/t15-,16-,17-,20-,21-,22-,23-,28-,29-/m1/s1. The highest BCUT2D eigenvalue weighted by atomic mass is 35.5. The Kier molecular flexibility index (Phi) is 9.52. The van der Waals surface area contributed by atoms with Crippen LogP contribution in [0.2, 0.25) is 5.02 Å². The number of benzene rings is 1. The van der Waals surface area contributed by atoms with Crippen LogP contribution in [0.1, 0.15) is 42.3 Å². The molecule has 57 heavy (non-hydrogen) atoms. The topological polar surface area (TPSA) is 337 Å². The van der Waals surface area contributed by atoms with Crippen molar-refractivity contribution >= 4 is 54.0 Å². The number of hydrogen-bond donors (Lipinski definition) is 8. The second-order valence-electron chi connectivity index (χ2n) is 13.6. The van der Waals surface area contributed by atoms with Crippen LogP contribution in [0, 0.1) is 0 Å². The van der Waals surface area contributed by atoms with Crippen LogP contribution in [0.25, 0.3) is 22.3 Å². The molecule has 301 valence electrons. The molecule has 1 aromatic carbocycles. The summed E-state index contributed by atoms with van der Waals surface area (Å²) in [4.78, 5) is 57.4. The maximum absolute atomic E-state index is 12.6. The lowest BCUT2D eigenvalue weighted by Crippen LogP contribution is -2.33. The van der Waals surface area contributed by atoms with Gasteiger partial charge in [0.1, 0.15) is 30.5 Å². The average molecular weight is 831 g/mol. The van der Waals surface area contributed by atoms with E-state index in [4.69, 9.17) is 46.1 Å². The summed E-state index contributed by atoms with van der Waals surface area (Å²) < 4.78 is 33.7. The lowest BCUT2D eigenvalue weighted by molar-refractivity contribution is -0.0606. The predicted molar refractivity (Wildman–Crippen MR) is 195 cm³/mol. The smallest absolute Gasteiger partial charge is 0.378 e. The van der Waals surface area contributed by atoms with Crippen molar-refractivity contribution < 1.29 is 43.3 Å². The van der Waals surface area contributed by atoms with Crippen molar-refractivity contribution in [3.8, 4) is 0 Å². The van der Waals surface area contributed by atoms with Gasteiger partial charge in [-0.2, -0.15) is 9.97 Å². The molecule has 0 amide bonds. The normalized spacial score (nSPS) is 30.5. The molecule has 3 aliphatic rings. The van der Waals surface area contributed by atoms with Crippen molar-refractivity contribution in [2.75, 3.05) is 24.7 Å². The molecule has 0 bridgehead atoms. The molecule has 1 radical (unpaired) electrons. The van der Waals surface area contributed by atoms with Crippen molar-refractivity contribution in [2.45, 2.75) is 68.0 Å². The molecule has 1 unspecified atom stereocenters. The number of aromatic amines is 2. The molecular formula is C31H34ClN13O11P. The largest absolute Gasteiger partial charge is 0.388 e. The van der Waals surface area contributed by atoms with E-state index >= 15 is 0 Å². The fourth-order valence-corrected chi connectivity index (χ4v) is 8.87. The first kappa shape index (κ1) is 37.6. The van der Waals surface area contributed by atoms with Crippen LogP contribution in [0.4, 0.5) is 11.9 Å². The van der Waals surface area contributed by atoms with Crippen molar-refractivity contribution in [1.82, 2.24) is 54.0 Å². The van der Waals surface area contributed by atoms with Gasteiger partial charge in [-0.3, -0.25) is 42.3 Å². The fraction of sp³-hybridized carbons (Fsp3) is 0.419. The number of halogens is 1. The third-order valence-corrected chi connectivity index (χ3v) is 11.7. The highest BCUT2D eigenvalue weighted by molar-refractivity contribution is 7.55. The van der Waals surface area contributed by atoms with Gasteiger partial charge in [0.2, 0.25) is 11.9 Å². The maximum atomic E-state index is 12.6. The SMILES string of the molecule is Nc1nc2c(ncn2[C@@H]2O[C@H](Cc3cn([C@H]4[C@@H](O)[C@H](n5cnc6c(=O)[nH]c(N)nc65)O[C@@H]4CO[P]4(O)OCC[C@H](c5cccc(Cl)c5)O4)nn3)[C@@H](O)[C@H]2O)c(=O)[nH]1. The molecule has 0 saturated carbocycles. The summed E-state index contributed by atoms with van der Waals surface area (Å²) in [5.41, 5.74) is 11.3. The number of fused-ring (bicyclic) bond motifs is 2. The van der Waals surface area contributed by atoms with E-state index in [1.165, 1.54) is 32.7 Å². The number of anilines is 2. The molecule has 3 fully saturated rings. The first-order valence-electron chi connectivity index (χ1n) is 17.4. The van der Waals surface area contributed by atoms with Gasteiger partial charge in [-0.25, -0.2) is 14.6 Å². The second-order valence-corrected chi connectivity index (χ2v) is 15.7. The van der Waals surface area contributed by atoms with Gasteiger partial charge in [-0.15, -0.1) is 5.10 Å². The lowest BCUT2D eigenvalue weighted by atomic mass is 10.1. The number of aliphatic hydroxyl groups excluding tert-OH is 3. The number of rotatable bonds is 9. The third kappa shape index (κ3) is 6.83. The molecule has 6 aromatic rings. The van der Waals surface area contributed by atoms with Crippen LogP contribution in [-0.2, 0) is 29.5 Å². The molecule has 10 atom stereocenters. The molecule has 0 spiro atoms. The van der Waals surface area contributed by atoms with E-state index in [0.717, 1.165) is 0 Å². The minimum absolute atomic E-state index is 0.0305. The summed E-state index contributed by atoms with van der Waals surface area (Å²) in [6.07, 6.45) is -5.08. The Bertz CT molecular complexity index is 2580. The van der Waals surface area contributed by atoms with Gasteiger partial charge in [0, 0.05) is 24.1 Å². The zero-order valence-electron chi connectivity index (χ0n) is 29.2. The van der Waals surface area contributed by atoms with E-state index < -0.39 is 74.4 Å². The molecular weight excluding hydrogens is 797 g/mol. The Morgan fingerprint density at radius 3 is 2.25 bits per heavy atom. The van der Waals surface area contributed by atoms with Crippen LogP contribution in [-0.4, -0.2) is 118 Å². The van der Waals surface area contributed by atoms with Crippen molar-refractivity contribution in [3.05, 3.63) is 80.1 Å². The van der Waals surface area contributed by atoms with E-state index in [1.807, 2.05) is 0 Å². The van der Waals surface area contributed by atoms with Gasteiger partial charge in [-0.1, -0.05) is 28.9 Å². The number of ether oxygens (including phenoxy) is 2. The molecule has 5 aromatic heterocycles. The lowest BCUT2D eigenvalue weighted by Gasteiger charge is -2.37. The molecule has 24 nitrogen and oxygen atoms in total. The summed E-state index contributed by atoms with van der Waals surface area (Å²) in [5, 5.41) is 42.8. The van der Waals surface area contributed by atoms with Crippen molar-refractivity contribution in [2.24, 2.45) is 0 Å². The highest BCUT2D eigenvalue weighted by Gasteiger charge is 2.50. The van der Waals surface area contributed by atoms with Crippen molar-refractivity contribution in [3.63, 3.8) is 0 Å². The van der Waals surface area contributed by atoms with Gasteiger partial charge >= 0.3 is 8.17 Å². The summed E-state index contributed by atoms with van der Waals surface area (Å²) in [6.45, 7) is -0.275. The first-order chi connectivity index (χ1) is 27.4. The minimum atomic E-state index is -3.95. The van der Waals surface area contributed by atoms with Crippen molar-refractivity contribution in [1.29, 1.82) is 0 Å². The number of hydrogen-bond acceptors (Lipinski definition) is 19. The monoisotopic (exact) mass is 830 g/mol. The average Bonchev–Trinajstić information content (AvgIpc) is 4.00. The number of H-pyrrole nitrogens is 2. The number of imidazole rings is 2. The molecule has 3 saturated heterocycles. The van der Waals surface area contributed by atoms with E-state index in [9.17, 15) is 29.8 Å². The summed E-state index contributed by atoms with van der Waals surface area (Å²) in [5.74, 6) is -0.364. The number of aliphatic hydroxyl groups is 3. The zero-order valence-corrected chi connectivity index (χ0v) is 30.9. The Morgan fingerprint density at radius 1 is 0.930 bits per heavy atom. The highest BCUT2D eigenvalue weighted by Crippen LogP contribution is 2.64. The van der Waals surface area contributed by atoms with E-state index in [0.29, 0.717) is 17.0 Å². The van der Waals surface area contributed by atoms with E-state index in [2.05, 4.69) is 40.2 Å². The van der Waals surface area contributed by atoms with Gasteiger partial charge in [0.15, 0.2) is 34.8 Å². The second kappa shape index (κ2) is 14.4. The molecule has 8 heterocycles. The van der Waals surface area contributed by atoms with Crippen LogP contribution >= 0.6 is 19.8 Å². The zero-order chi connectivity index (χ0) is 39.7. The Morgan fingerprint density at radius 2 is 1.58 bits per heavy atom.